The van der Waals surface area contributed by atoms with Crippen molar-refractivity contribution in [1.82, 2.24) is 14.7 Å². The maximum atomic E-state index is 12.9. The Hall–Kier alpha value is -1.40. The molecule has 0 spiro atoms. The van der Waals surface area contributed by atoms with Crippen LogP contribution >= 0.6 is 0 Å². The molecule has 0 radical (unpaired) electrons. The van der Waals surface area contributed by atoms with Gasteiger partial charge in [-0.1, -0.05) is 13.8 Å². The summed E-state index contributed by atoms with van der Waals surface area (Å²) < 4.78 is 7.10. The lowest BCUT2D eigenvalue weighted by Gasteiger charge is -2.48. The van der Waals surface area contributed by atoms with Gasteiger partial charge in [0, 0.05) is 25.1 Å². The van der Waals surface area contributed by atoms with E-state index >= 15 is 0 Å². The van der Waals surface area contributed by atoms with Crippen LogP contribution in [-0.4, -0.2) is 57.6 Å². The van der Waals surface area contributed by atoms with E-state index < -0.39 is 5.60 Å². The molecule has 6 nitrogen and oxygen atoms in total. The zero-order valence-electron chi connectivity index (χ0n) is 14.9. The first-order valence-corrected chi connectivity index (χ1v) is 8.32. The van der Waals surface area contributed by atoms with Gasteiger partial charge in [-0.3, -0.25) is 9.48 Å². The first-order valence-electron chi connectivity index (χ1n) is 8.32. The molecule has 1 atom stereocenters. The van der Waals surface area contributed by atoms with Crippen LogP contribution in [0.5, 0.6) is 0 Å². The fraction of sp³-hybridized carbons (Fsp3) is 0.765. The van der Waals surface area contributed by atoms with Crippen molar-refractivity contribution in [2.45, 2.75) is 53.2 Å². The van der Waals surface area contributed by atoms with Crippen LogP contribution in [0.15, 0.2) is 6.07 Å². The molecule has 23 heavy (non-hydrogen) atoms. The summed E-state index contributed by atoms with van der Waals surface area (Å²) in [6.07, 6.45) is 0.581. The molecule has 1 amide bonds. The van der Waals surface area contributed by atoms with Gasteiger partial charge in [-0.05, 0) is 33.3 Å². The number of carbonyl (C=O) groups is 1. The molecule has 2 heterocycles. The zero-order valence-corrected chi connectivity index (χ0v) is 14.9. The number of carbonyl (C=O) groups excluding carboxylic acids is 1. The maximum Gasteiger partial charge on any atom is 0.272 e. The average molecular weight is 323 g/mol. The molecule has 1 saturated heterocycles. The SMILES string of the molecule is CCOCCn1nc(C)cc1C(=O)N1CC[C@](C)(O)C(C)(C)C1. The van der Waals surface area contributed by atoms with Gasteiger partial charge >= 0.3 is 0 Å². The third kappa shape index (κ3) is 3.75. The third-order valence-corrected chi connectivity index (χ3v) is 4.97. The molecular formula is C17H29N3O3. The Labute approximate surface area is 138 Å². The van der Waals surface area contributed by atoms with E-state index in [0.29, 0.717) is 45.0 Å². The number of hydrogen-bond acceptors (Lipinski definition) is 4. The summed E-state index contributed by atoms with van der Waals surface area (Å²) in [6.45, 7) is 12.6. The molecular weight excluding hydrogens is 294 g/mol. The van der Waals surface area contributed by atoms with Gasteiger partial charge in [0.2, 0.25) is 0 Å². The summed E-state index contributed by atoms with van der Waals surface area (Å²) in [5.74, 6) is -0.0225. The minimum Gasteiger partial charge on any atom is -0.389 e. The number of aromatic nitrogens is 2. The van der Waals surface area contributed by atoms with Crippen LogP contribution in [0.2, 0.25) is 0 Å². The second kappa shape index (κ2) is 6.61. The molecule has 1 fully saturated rings. The van der Waals surface area contributed by atoms with E-state index in [2.05, 4.69) is 5.10 Å². The number of likely N-dealkylation sites (tertiary alicyclic amines) is 1. The molecule has 1 aromatic heterocycles. The number of amides is 1. The number of rotatable bonds is 5. The maximum absolute atomic E-state index is 12.9. The highest BCUT2D eigenvalue weighted by molar-refractivity contribution is 5.92. The Morgan fingerprint density at radius 2 is 2.13 bits per heavy atom. The predicted molar refractivity (Wildman–Crippen MR) is 88.4 cm³/mol. The molecule has 6 heteroatoms. The second-order valence-corrected chi connectivity index (χ2v) is 7.23. The number of ether oxygens (including phenoxy) is 1. The van der Waals surface area contributed by atoms with Gasteiger partial charge in [0.1, 0.15) is 5.69 Å². The summed E-state index contributed by atoms with van der Waals surface area (Å²) in [4.78, 5) is 14.7. The molecule has 1 N–H and O–H groups in total. The minimum atomic E-state index is -0.755. The van der Waals surface area contributed by atoms with Crippen LogP contribution in [0.3, 0.4) is 0 Å². The smallest absolute Gasteiger partial charge is 0.272 e. The minimum absolute atomic E-state index is 0.0225. The molecule has 0 aromatic carbocycles. The van der Waals surface area contributed by atoms with Crippen LogP contribution in [0.1, 0.15) is 50.3 Å². The highest BCUT2D eigenvalue weighted by Crippen LogP contribution is 2.38. The van der Waals surface area contributed by atoms with Gasteiger partial charge in [0.05, 0.1) is 24.4 Å². The Kier molecular flexibility index (Phi) is 5.16. The summed E-state index contributed by atoms with van der Waals surface area (Å²) in [5, 5.41) is 14.9. The lowest BCUT2D eigenvalue weighted by molar-refractivity contribution is -0.0972. The van der Waals surface area contributed by atoms with Crippen LogP contribution in [0.25, 0.3) is 0 Å². The van der Waals surface area contributed by atoms with Gasteiger partial charge in [-0.2, -0.15) is 5.10 Å². The van der Waals surface area contributed by atoms with Crippen molar-refractivity contribution in [1.29, 1.82) is 0 Å². The highest BCUT2D eigenvalue weighted by Gasteiger charge is 2.45. The van der Waals surface area contributed by atoms with Gasteiger partial charge in [-0.25, -0.2) is 0 Å². The Morgan fingerprint density at radius 3 is 2.74 bits per heavy atom. The summed E-state index contributed by atoms with van der Waals surface area (Å²) in [7, 11) is 0. The molecule has 0 unspecified atom stereocenters. The third-order valence-electron chi connectivity index (χ3n) is 4.97. The first kappa shape index (κ1) is 17.9. The zero-order chi connectivity index (χ0) is 17.3. The first-order chi connectivity index (χ1) is 10.7. The fourth-order valence-electron chi connectivity index (χ4n) is 2.94. The van der Waals surface area contributed by atoms with Gasteiger partial charge in [0.15, 0.2) is 0 Å². The number of piperidine rings is 1. The lowest BCUT2D eigenvalue weighted by Crippen LogP contribution is -2.57. The van der Waals surface area contributed by atoms with E-state index in [1.165, 1.54) is 0 Å². The van der Waals surface area contributed by atoms with Crippen molar-refractivity contribution < 1.29 is 14.6 Å². The van der Waals surface area contributed by atoms with Crippen molar-refractivity contribution in [2.75, 3.05) is 26.3 Å². The number of aliphatic hydroxyl groups is 1. The summed E-state index contributed by atoms with van der Waals surface area (Å²) >= 11 is 0. The molecule has 1 aliphatic rings. The summed E-state index contributed by atoms with van der Waals surface area (Å²) in [6, 6.07) is 1.83. The monoisotopic (exact) mass is 323 g/mol. The quantitative estimate of drug-likeness (QED) is 0.840. The van der Waals surface area contributed by atoms with Crippen LogP contribution in [0, 0.1) is 12.3 Å². The standard InChI is InChI=1S/C17H29N3O3/c1-6-23-10-9-20-14(11-13(2)18-20)15(21)19-8-7-17(5,22)16(3,4)12-19/h11,22H,6-10,12H2,1-5H3/t17-/m0/s1. The summed E-state index contributed by atoms with van der Waals surface area (Å²) in [5.41, 5.74) is 0.328. The van der Waals surface area contributed by atoms with Crippen LogP contribution in [-0.2, 0) is 11.3 Å². The molecule has 1 aliphatic heterocycles. The molecule has 0 aliphatic carbocycles. The van der Waals surface area contributed by atoms with Crippen molar-refractivity contribution in [3.8, 4) is 0 Å². The van der Waals surface area contributed by atoms with Gasteiger partial charge in [0.25, 0.3) is 5.91 Å². The Balaban J connectivity index is 2.15. The molecule has 0 bridgehead atoms. The topological polar surface area (TPSA) is 67.6 Å². The largest absolute Gasteiger partial charge is 0.389 e. The van der Waals surface area contributed by atoms with Crippen molar-refractivity contribution in [2.24, 2.45) is 5.41 Å². The van der Waals surface area contributed by atoms with E-state index in [1.807, 2.05) is 45.6 Å². The predicted octanol–water partition coefficient (Wildman–Crippen LogP) is 1.85. The molecule has 1 aromatic rings. The van der Waals surface area contributed by atoms with E-state index in [4.69, 9.17) is 4.74 Å². The van der Waals surface area contributed by atoms with Gasteiger partial charge in [-0.15, -0.1) is 0 Å². The number of hydrogen-bond donors (Lipinski definition) is 1. The number of nitrogens with zero attached hydrogens (tertiary/aromatic N) is 3. The van der Waals surface area contributed by atoms with Crippen molar-refractivity contribution >= 4 is 5.91 Å². The molecule has 130 valence electrons. The van der Waals surface area contributed by atoms with Crippen LogP contribution in [0.4, 0.5) is 0 Å². The van der Waals surface area contributed by atoms with E-state index in [1.54, 1.807) is 4.68 Å². The van der Waals surface area contributed by atoms with Crippen molar-refractivity contribution in [3.63, 3.8) is 0 Å². The van der Waals surface area contributed by atoms with E-state index in [-0.39, 0.29) is 11.3 Å². The average Bonchev–Trinajstić information content (AvgIpc) is 2.82. The van der Waals surface area contributed by atoms with Crippen molar-refractivity contribution in [3.05, 3.63) is 17.5 Å². The highest BCUT2D eigenvalue weighted by atomic mass is 16.5. The molecule has 2 rings (SSSR count). The van der Waals surface area contributed by atoms with Gasteiger partial charge < -0.3 is 14.7 Å². The lowest BCUT2D eigenvalue weighted by atomic mass is 9.71. The fourth-order valence-corrected chi connectivity index (χ4v) is 2.94. The van der Waals surface area contributed by atoms with Crippen LogP contribution < -0.4 is 0 Å². The Morgan fingerprint density at radius 1 is 1.43 bits per heavy atom. The molecule has 0 saturated carbocycles. The number of aryl methyl sites for hydroxylation is 1. The van der Waals surface area contributed by atoms with E-state index in [9.17, 15) is 9.90 Å². The second-order valence-electron chi connectivity index (χ2n) is 7.23. The van der Waals surface area contributed by atoms with E-state index in [0.717, 1.165) is 5.69 Å². The Bertz CT molecular complexity index is 563. The normalized spacial score (nSPS) is 24.0.